The summed E-state index contributed by atoms with van der Waals surface area (Å²) in [6.45, 7) is 2.45. The summed E-state index contributed by atoms with van der Waals surface area (Å²) in [7, 11) is 0. The molecule has 0 saturated carbocycles. The monoisotopic (exact) mass is 346 g/mol. The lowest BCUT2D eigenvalue weighted by molar-refractivity contribution is 0.308. The first-order valence-electron chi connectivity index (χ1n) is 7.54. The van der Waals surface area contributed by atoms with Gasteiger partial charge in [0.2, 0.25) is 5.71 Å². The van der Waals surface area contributed by atoms with Crippen LogP contribution in [-0.4, -0.2) is 5.71 Å². The van der Waals surface area contributed by atoms with Crippen LogP contribution in [0.3, 0.4) is 0 Å². The number of benzene rings is 2. The van der Waals surface area contributed by atoms with Crippen molar-refractivity contribution in [3.8, 4) is 17.9 Å². The minimum Gasteiger partial charge on any atom is -0.488 e. The Morgan fingerprint density at radius 3 is 2.68 bits per heavy atom. The summed E-state index contributed by atoms with van der Waals surface area (Å²) >= 11 is 1.73. The van der Waals surface area contributed by atoms with Gasteiger partial charge in [-0.2, -0.15) is 15.6 Å². The zero-order chi connectivity index (χ0) is 17.6. The maximum atomic E-state index is 8.67. The van der Waals surface area contributed by atoms with E-state index in [1.54, 1.807) is 29.5 Å². The summed E-state index contributed by atoms with van der Waals surface area (Å²) in [6, 6.07) is 19.3. The van der Waals surface area contributed by atoms with E-state index in [0.717, 1.165) is 11.3 Å². The molecular weight excluding hydrogens is 332 g/mol. The highest BCUT2D eigenvalue weighted by atomic mass is 32.1. The van der Waals surface area contributed by atoms with Crippen LogP contribution in [0.1, 0.15) is 10.4 Å². The van der Waals surface area contributed by atoms with Crippen molar-refractivity contribution >= 4 is 32.8 Å². The molecule has 0 saturated heterocycles. The number of thiophene rings is 1. The van der Waals surface area contributed by atoms with Gasteiger partial charge in [0, 0.05) is 9.58 Å². The Kier molecular flexibility index (Phi) is 4.94. The number of ether oxygens (including phenoxy) is 1. The van der Waals surface area contributed by atoms with E-state index < -0.39 is 0 Å². The van der Waals surface area contributed by atoms with Gasteiger partial charge in [-0.05, 0) is 48.2 Å². The van der Waals surface area contributed by atoms with Gasteiger partial charge >= 0.3 is 0 Å². The van der Waals surface area contributed by atoms with E-state index in [1.165, 1.54) is 15.0 Å². The van der Waals surface area contributed by atoms with Gasteiger partial charge in [-0.3, -0.25) is 5.43 Å². The highest BCUT2D eigenvalue weighted by Crippen LogP contribution is 2.28. The van der Waals surface area contributed by atoms with E-state index in [9.17, 15) is 0 Å². The second kappa shape index (κ2) is 7.48. The van der Waals surface area contributed by atoms with Crippen molar-refractivity contribution in [2.24, 2.45) is 5.10 Å². The van der Waals surface area contributed by atoms with E-state index in [2.05, 4.69) is 28.7 Å². The number of hydrazone groups is 1. The second-order valence-electron chi connectivity index (χ2n) is 5.32. The molecule has 5 nitrogen and oxygen atoms in total. The average molecular weight is 346 g/mol. The predicted octanol–water partition coefficient (Wildman–Crippen LogP) is 4.60. The van der Waals surface area contributed by atoms with Crippen LogP contribution in [0.5, 0.6) is 5.75 Å². The number of hydrogen-bond acceptors (Lipinski definition) is 6. The smallest absolute Gasteiger partial charge is 0.237 e. The molecule has 0 unspecified atom stereocenters. The molecule has 25 heavy (non-hydrogen) atoms. The van der Waals surface area contributed by atoms with Gasteiger partial charge in [0.25, 0.3) is 0 Å². The maximum Gasteiger partial charge on any atom is 0.237 e. The van der Waals surface area contributed by atoms with E-state index in [0.29, 0.717) is 12.3 Å². The summed E-state index contributed by atoms with van der Waals surface area (Å²) in [6.07, 6.45) is 0. The van der Waals surface area contributed by atoms with E-state index >= 15 is 0 Å². The number of aryl methyl sites for hydroxylation is 1. The van der Waals surface area contributed by atoms with E-state index in [-0.39, 0.29) is 5.71 Å². The van der Waals surface area contributed by atoms with E-state index in [4.69, 9.17) is 15.3 Å². The molecule has 0 aliphatic heterocycles. The summed E-state index contributed by atoms with van der Waals surface area (Å²) in [5.41, 5.74) is 4.11. The maximum absolute atomic E-state index is 8.67. The minimum absolute atomic E-state index is 0.220. The highest BCUT2D eigenvalue weighted by Gasteiger charge is 2.05. The second-order valence-corrected chi connectivity index (χ2v) is 6.48. The Morgan fingerprint density at radius 2 is 1.96 bits per heavy atom. The first-order valence-corrected chi connectivity index (χ1v) is 8.36. The van der Waals surface area contributed by atoms with Crippen molar-refractivity contribution < 1.29 is 4.74 Å². The zero-order valence-electron chi connectivity index (χ0n) is 13.5. The number of anilines is 1. The normalized spacial score (nSPS) is 9.88. The standard InChI is InChI=1S/C19H14N4OS/c1-13-8-15(22-23-16(10-20)11-21)6-7-18(13)24-12-17-9-14-4-2-3-5-19(14)25-17/h2-9,22H,12H2,1H3. The Hall–Kier alpha value is -3.35. The Balaban J connectivity index is 1.68. The lowest BCUT2D eigenvalue weighted by atomic mass is 10.2. The van der Waals surface area contributed by atoms with Gasteiger partial charge in [-0.1, -0.05) is 18.2 Å². The van der Waals surface area contributed by atoms with Crippen LogP contribution in [0.15, 0.2) is 53.6 Å². The summed E-state index contributed by atoms with van der Waals surface area (Å²) < 4.78 is 7.17. The molecule has 6 heteroatoms. The van der Waals surface area contributed by atoms with Crippen molar-refractivity contribution in [3.05, 3.63) is 59.0 Å². The van der Waals surface area contributed by atoms with Crippen LogP contribution in [0, 0.1) is 29.6 Å². The molecule has 1 aromatic heterocycles. The minimum atomic E-state index is -0.220. The van der Waals surface area contributed by atoms with Crippen LogP contribution in [0.4, 0.5) is 5.69 Å². The van der Waals surface area contributed by atoms with Gasteiger partial charge in [0.1, 0.15) is 24.5 Å². The third kappa shape index (κ3) is 3.95. The molecule has 0 amide bonds. The molecule has 2 aromatic carbocycles. The molecule has 3 rings (SSSR count). The van der Waals surface area contributed by atoms with Crippen molar-refractivity contribution in [2.75, 3.05) is 5.43 Å². The molecule has 122 valence electrons. The third-order valence-corrected chi connectivity index (χ3v) is 4.62. The van der Waals surface area contributed by atoms with Crippen LogP contribution >= 0.6 is 11.3 Å². The fourth-order valence-corrected chi connectivity index (χ4v) is 3.31. The summed E-state index contributed by atoms with van der Waals surface area (Å²) in [5.74, 6) is 0.785. The van der Waals surface area contributed by atoms with Crippen LogP contribution in [0.25, 0.3) is 10.1 Å². The van der Waals surface area contributed by atoms with Crippen LogP contribution < -0.4 is 10.2 Å². The van der Waals surface area contributed by atoms with Gasteiger partial charge in [-0.15, -0.1) is 11.3 Å². The number of hydrogen-bond donors (Lipinski definition) is 1. The van der Waals surface area contributed by atoms with E-state index in [1.807, 2.05) is 31.2 Å². The predicted molar refractivity (Wildman–Crippen MR) is 99.6 cm³/mol. The molecule has 0 fully saturated rings. The highest BCUT2D eigenvalue weighted by molar-refractivity contribution is 7.19. The fourth-order valence-electron chi connectivity index (χ4n) is 2.33. The van der Waals surface area contributed by atoms with Crippen LogP contribution in [-0.2, 0) is 6.61 Å². The van der Waals surface area contributed by atoms with Crippen LogP contribution in [0.2, 0.25) is 0 Å². The molecule has 0 aliphatic rings. The van der Waals surface area contributed by atoms with Crippen molar-refractivity contribution in [3.63, 3.8) is 0 Å². The van der Waals surface area contributed by atoms with Gasteiger partial charge in [0.15, 0.2) is 0 Å². The Morgan fingerprint density at radius 1 is 1.16 bits per heavy atom. The molecular formula is C19H14N4OS. The zero-order valence-corrected chi connectivity index (χ0v) is 14.3. The quantitative estimate of drug-likeness (QED) is 0.540. The van der Waals surface area contributed by atoms with Gasteiger partial charge in [-0.25, -0.2) is 0 Å². The lowest BCUT2D eigenvalue weighted by Crippen LogP contribution is -1.98. The Bertz CT molecular complexity index is 975. The number of rotatable bonds is 5. The molecule has 0 spiro atoms. The molecule has 3 aromatic rings. The van der Waals surface area contributed by atoms with Gasteiger partial charge < -0.3 is 4.74 Å². The topological polar surface area (TPSA) is 81.2 Å². The molecule has 0 atom stereocenters. The summed E-state index contributed by atoms with van der Waals surface area (Å²) in [5, 5.41) is 22.3. The van der Waals surface area contributed by atoms with Gasteiger partial charge in [0.05, 0.1) is 5.69 Å². The molecule has 1 heterocycles. The third-order valence-electron chi connectivity index (χ3n) is 3.53. The number of nitriles is 2. The largest absolute Gasteiger partial charge is 0.488 e. The molecule has 0 aliphatic carbocycles. The molecule has 1 N–H and O–H groups in total. The molecule has 0 bridgehead atoms. The number of nitrogens with zero attached hydrogens (tertiary/aromatic N) is 3. The first kappa shape index (κ1) is 16.5. The Labute approximate surface area is 149 Å². The van der Waals surface area contributed by atoms with Crippen molar-refractivity contribution in [2.45, 2.75) is 13.5 Å². The summed E-state index contributed by atoms with van der Waals surface area (Å²) in [4.78, 5) is 1.17. The lowest BCUT2D eigenvalue weighted by Gasteiger charge is -2.09. The SMILES string of the molecule is Cc1cc(NN=C(C#N)C#N)ccc1OCc1cc2ccccc2s1. The number of fused-ring (bicyclic) bond motifs is 1. The average Bonchev–Trinajstić information content (AvgIpc) is 3.04. The number of nitrogens with one attached hydrogen (secondary N) is 1. The van der Waals surface area contributed by atoms with Crippen molar-refractivity contribution in [1.29, 1.82) is 10.5 Å². The van der Waals surface area contributed by atoms with Crippen molar-refractivity contribution in [1.82, 2.24) is 0 Å². The first-order chi connectivity index (χ1) is 12.2. The fraction of sp³-hybridized carbons (Fsp3) is 0.105. The molecule has 0 radical (unpaired) electrons.